The van der Waals surface area contributed by atoms with E-state index < -0.39 is 30.9 Å². The molecule has 2 heterocycles. The summed E-state index contributed by atoms with van der Waals surface area (Å²) >= 11 is 0. The quantitative estimate of drug-likeness (QED) is 0.218. The van der Waals surface area contributed by atoms with Gasteiger partial charge in [-0.1, -0.05) is 97.1 Å². The summed E-state index contributed by atoms with van der Waals surface area (Å²) < 4.78 is 38.4. The summed E-state index contributed by atoms with van der Waals surface area (Å²) in [4.78, 5) is 0. The molecule has 0 aromatic heterocycles. The highest BCUT2D eigenvalue weighted by atomic mass is 16.8. The molecule has 0 spiro atoms. The van der Waals surface area contributed by atoms with E-state index in [1.54, 1.807) is 0 Å². The van der Waals surface area contributed by atoms with Gasteiger partial charge in [0.1, 0.15) is 24.4 Å². The molecule has 2 fully saturated rings. The van der Waals surface area contributed by atoms with Crippen molar-refractivity contribution in [3.8, 4) is 0 Å². The number of allylic oxidation sites excluding steroid dienone is 1. The normalized spacial score (nSPS) is 26.9. The van der Waals surface area contributed by atoms with Crippen molar-refractivity contribution in [2.45, 2.75) is 63.1 Å². The lowest BCUT2D eigenvalue weighted by Gasteiger charge is -2.49. The van der Waals surface area contributed by atoms with Crippen LogP contribution in [0.1, 0.15) is 35.8 Å². The third kappa shape index (κ3) is 6.97. The zero-order valence-corrected chi connectivity index (χ0v) is 21.6. The molecule has 0 radical (unpaired) electrons. The molecule has 2 aliphatic heterocycles. The number of unbranched alkanes of at least 4 members (excludes halogenated alkanes) is 1. The van der Waals surface area contributed by atoms with Gasteiger partial charge in [-0.2, -0.15) is 0 Å². The summed E-state index contributed by atoms with van der Waals surface area (Å²) in [6.07, 6.45) is 0.797. The van der Waals surface area contributed by atoms with Gasteiger partial charge in [-0.05, 0) is 24.0 Å². The molecule has 0 bridgehead atoms. The average Bonchev–Trinajstić information content (AvgIpc) is 2.98. The Labute approximate surface area is 225 Å². The van der Waals surface area contributed by atoms with Crippen LogP contribution in [-0.4, -0.2) is 43.9 Å². The van der Waals surface area contributed by atoms with E-state index in [0.29, 0.717) is 26.4 Å². The van der Waals surface area contributed by atoms with Crippen molar-refractivity contribution in [2.24, 2.45) is 0 Å². The maximum Gasteiger partial charge on any atom is 0.186 e. The maximum atomic E-state index is 6.60. The van der Waals surface area contributed by atoms with E-state index >= 15 is 0 Å². The monoisotopic (exact) mass is 516 g/mol. The predicted molar refractivity (Wildman–Crippen MR) is 144 cm³/mol. The zero-order valence-electron chi connectivity index (χ0n) is 21.6. The molecule has 0 aliphatic carbocycles. The number of fused-ring (bicyclic) bond motifs is 1. The molecule has 3 aromatic rings. The minimum absolute atomic E-state index is 0.350. The van der Waals surface area contributed by atoms with E-state index in [-0.39, 0.29) is 6.10 Å². The molecule has 6 nitrogen and oxygen atoms in total. The Hall–Kier alpha value is -2.84. The van der Waals surface area contributed by atoms with Gasteiger partial charge in [0.25, 0.3) is 0 Å². The summed E-state index contributed by atoms with van der Waals surface area (Å²) in [7, 11) is 0. The molecule has 6 atom stereocenters. The topological polar surface area (TPSA) is 55.4 Å². The Kier molecular flexibility index (Phi) is 9.72. The first-order valence-corrected chi connectivity index (χ1v) is 13.3. The summed E-state index contributed by atoms with van der Waals surface area (Å²) in [6, 6.07) is 30.2. The van der Waals surface area contributed by atoms with Crippen LogP contribution in [0.4, 0.5) is 0 Å². The molecule has 0 N–H and O–H groups in total. The second-order valence-electron chi connectivity index (χ2n) is 9.54. The number of ether oxygens (including phenoxy) is 6. The second-order valence-corrected chi connectivity index (χ2v) is 9.54. The molecule has 200 valence electrons. The molecular formula is C32H36O6. The van der Waals surface area contributed by atoms with E-state index in [1.165, 1.54) is 0 Å². The Bertz CT molecular complexity index is 1090. The van der Waals surface area contributed by atoms with Crippen LogP contribution in [-0.2, 0) is 41.6 Å². The third-order valence-corrected chi connectivity index (χ3v) is 6.76. The molecule has 6 heteroatoms. The molecule has 5 rings (SSSR count). The van der Waals surface area contributed by atoms with Crippen molar-refractivity contribution >= 4 is 0 Å². The van der Waals surface area contributed by atoms with Gasteiger partial charge in [0.15, 0.2) is 12.6 Å². The van der Waals surface area contributed by atoms with Crippen LogP contribution in [0.3, 0.4) is 0 Å². The van der Waals surface area contributed by atoms with E-state index in [0.717, 1.165) is 29.5 Å². The van der Waals surface area contributed by atoms with E-state index in [1.807, 2.05) is 84.9 Å². The van der Waals surface area contributed by atoms with Crippen molar-refractivity contribution in [2.75, 3.05) is 13.2 Å². The van der Waals surface area contributed by atoms with Crippen molar-refractivity contribution in [1.29, 1.82) is 0 Å². The minimum Gasteiger partial charge on any atom is -0.368 e. The first-order valence-electron chi connectivity index (χ1n) is 13.3. The first-order chi connectivity index (χ1) is 18.8. The smallest absolute Gasteiger partial charge is 0.186 e. The van der Waals surface area contributed by atoms with Gasteiger partial charge in [0.05, 0.1) is 26.4 Å². The number of benzene rings is 3. The summed E-state index contributed by atoms with van der Waals surface area (Å²) in [5, 5.41) is 0. The molecular weight excluding hydrogens is 480 g/mol. The lowest BCUT2D eigenvalue weighted by Crippen LogP contribution is -2.63. The van der Waals surface area contributed by atoms with Gasteiger partial charge in [-0.25, -0.2) is 0 Å². The second kappa shape index (κ2) is 13.8. The average molecular weight is 517 g/mol. The molecule has 0 amide bonds. The SMILES string of the molecule is C=CCCCO[C@@H]1O[C@@H]2CO[C@H](c3ccccc3)O[C@@H]2[C@H](OCc2ccccc2)[C@H]1OCc1ccccc1. The molecule has 0 unspecified atom stereocenters. The van der Waals surface area contributed by atoms with Crippen molar-refractivity contribution in [1.82, 2.24) is 0 Å². The Balaban J connectivity index is 1.39. The molecule has 38 heavy (non-hydrogen) atoms. The van der Waals surface area contributed by atoms with Gasteiger partial charge in [-0.15, -0.1) is 6.58 Å². The first kappa shape index (κ1) is 26.8. The summed E-state index contributed by atoms with van der Waals surface area (Å²) in [5.74, 6) is 0. The number of hydrogen-bond acceptors (Lipinski definition) is 6. The van der Waals surface area contributed by atoms with Crippen LogP contribution in [0, 0.1) is 0 Å². The molecule has 0 saturated carbocycles. The van der Waals surface area contributed by atoms with Gasteiger partial charge in [-0.3, -0.25) is 0 Å². The van der Waals surface area contributed by atoms with Gasteiger partial charge in [0.2, 0.25) is 0 Å². The van der Waals surface area contributed by atoms with Crippen LogP contribution in [0.2, 0.25) is 0 Å². The lowest BCUT2D eigenvalue weighted by molar-refractivity contribution is -0.372. The van der Waals surface area contributed by atoms with Crippen molar-refractivity contribution in [3.05, 3.63) is 120 Å². The molecule has 2 saturated heterocycles. The number of rotatable bonds is 12. The Morgan fingerprint density at radius 3 is 1.97 bits per heavy atom. The van der Waals surface area contributed by atoms with Crippen LogP contribution < -0.4 is 0 Å². The van der Waals surface area contributed by atoms with E-state index in [4.69, 9.17) is 28.4 Å². The van der Waals surface area contributed by atoms with Crippen LogP contribution in [0.15, 0.2) is 104 Å². The fourth-order valence-corrected chi connectivity index (χ4v) is 4.79. The van der Waals surface area contributed by atoms with Gasteiger partial charge < -0.3 is 28.4 Å². The molecule has 2 aliphatic rings. The van der Waals surface area contributed by atoms with E-state index in [9.17, 15) is 0 Å². The van der Waals surface area contributed by atoms with E-state index in [2.05, 4.69) is 18.7 Å². The van der Waals surface area contributed by atoms with Gasteiger partial charge >= 0.3 is 0 Å². The fourth-order valence-electron chi connectivity index (χ4n) is 4.79. The third-order valence-electron chi connectivity index (χ3n) is 6.76. The van der Waals surface area contributed by atoms with Crippen LogP contribution in [0.25, 0.3) is 0 Å². The van der Waals surface area contributed by atoms with Gasteiger partial charge in [0, 0.05) is 5.56 Å². The highest BCUT2D eigenvalue weighted by molar-refractivity contribution is 5.17. The fraction of sp³-hybridized carbons (Fsp3) is 0.375. The highest BCUT2D eigenvalue weighted by Gasteiger charge is 2.51. The largest absolute Gasteiger partial charge is 0.368 e. The molecule has 3 aromatic carbocycles. The Morgan fingerprint density at radius 1 is 0.737 bits per heavy atom. The standard InChI is InChI=1S/C32H36O6/c1-2-3-13-20-33-32-30(35-22-25-16-9-5-10-17-25)29(34-21-24-14-7-4-8-15-24)28-27(37-32)23-36-31(38-28)26-18-11-6-12-19-26/h2,4-12,14-19,27-32H,1,3,13,20-23H2/t27-,28+,29+,30-,31+,32-/m1/s1. The maximum absolute atomic E-state index is 6.60. The predicted octanol–water partition coefficient (Wildman–Crippen LogP) is 5.98. The van der Waals surface area contributed by atoms with Crippen LogP contribution in [0.5, 0.6) is 0 Å². The summed E-state index contributed by atoms with van der Waals surface area (Å²) in [5.41, 5.74) is 3.10. The zero-order chi connectivity index (χ0) is 26.0. The highest BCUT2D eigenvalue weighted by Crippen LogP contribution is 2.37. The minimum atomic E-state index is -0.619. The summed E-state index contributed by atoms with van der Waals surface area (Å²) in [6.45, 7) is 5.53. The van der Waals surface area contributed by atoms with Crippen molar-refractivity contribution < 1.29 is 28.4 Å². The number of hydrogen-bond donors (Lipinski definition) is 0. The lowest BCUT2D eigenvalue weighted by atomic mass is 9.97. The van der Waals surface area contributed by atoms with Crippen LogP contribution >= 0.6 is 0 Å². The Morgan fingerprint density at radius 2 is 1.34 bits per heavy atom. The van der Waals surface area contributed by atoms with Crippen molar-refractivity contribution in [3.63, 3.8) is 0 Å².